The number of ether oxygens (including phenoxy) is 2. The van der Waals surface area contributed by atoms with Crippen molar-refractivity contribution in [1.29, 1.82) is 0 Å². The van der Waals surface area contributed by atoms with E-state index in [1.54, 1.807) is 0 Å². The van der Waals surface area contributed by atoms with Gasteiger partial charge >= 0.3 is 0 Å². The van der Waals surface area contributed by atoms with Crippen LogP contribution in [0.15, 0.2) is 42.7 Å². The van der Waals surface area contributed by atoms with Gasteiger partial charge in [-0.2, -0.15) is 4.31 Å². The van der Waals surface area contributed by atoms with Crippen LogP contribution in [0, 0.1) is 0 Å². The lowest BCUT2D eigenvalue weighted by molar-refractivity contribution is 0.194. The van der Waals surface area contributed by atoms with Gasteiger partial charge in [0.25, 0.3) is 11.8 Å². The summed E-state index contributed by atoms with van der Waals surface area (Å²) < 4.78 is 37.4. The van der Waals surface area contributed by atoms with Crippen LogP contribution in [0.25, 0.3) is 0 Å². The number of nitrogens with zero attached hydrogens (tertiary/aromatic N) is 3. The zero-order valence-corrected chi connectivity index (χ0v) is 14.1. The van der Waals surface area contributed by atoms with E-state index in [9.17, 15) is 8.42 Å². The molecule has 1 fully saturated rings. The summed E-state index contributed by atoms with van der Waals surface area (Å²) in [6.45, 7) is 0.733. The first-order chi connectivity index (χ1) is 11.6. The maximum atomic E-state index is 12.5. The topological polar surface area (TPSA) is 81.6 Å². The van der Waals surface area contributed by atoms with E-state index in [0.717, 1.165) is 5.56 Å². The first-order valence-corrected chi connectivity index (χ1v) is 9.23. The first kappa shape index (κ1) is 16.7. The Morgan fingerprint density at radius 2 is 1.88 bits per heavy atom. The van der Waals surface area contributed by atoms with Gasteiger partial charge in [-0.1, -0.05) is 30.3 Å². The normalized spacial score (nSPS) is 18.5. The molecule has 0 N–H and O–H groups in total. The molecule has 24 heavy (non-hydrogen) atoms. The third-order valence-electron chi connectivity index (χ3n) is 3.80. The van der Waals surface area contributed by atoms with Gasteiger partial charge in [0.05, 0.1) is 19.4 Å². The Labute approximate surface area is 141 Å². The fraction of sp³-hybridized carbons (Fsp3) is 0.375. The van der Waals surface area contributed by atoms with Gasteiger partial charge < -0.3 is 9.47 Å². The maximum absolute atomic E-state index is 12.5. The number of hydrogen-bond acceptors (Lipinski definition) is 6. The average molecular weight is 349 g/mol. The Hall–Kier alpha value is -2.19. The van der Waals surface area contributed by atoms with E-state index in [1.807, 2.05) is 30.3 Å². The number of hydrogen-bond donors (Lipinski definition) is 0. The molecule has 3 rings (SSSR count). The molecule has 1 aliphatic heterocycles. The highest BCUT2D eigenvalue weighted by atomic mass is 32.2. The number of methoxy groups -OCH3 is 1. The number of aromatic nitrogens is 2. The van der Waals surface area contributed by atoms with Gasteiger partial charge in [-0.25, -0.2) is 18.4 Å². The summed E-state index contributed by atoms with van der Waals surface area (Å²) in [6.07, 6.45) is 3.36. The summed E-state index contributed by atoms with van der Waals surface area (Å²) in [4.78, 5) is 8.11. The quantitative estimate of drug-likeness (QED) is 0.785. The molecule has 1 unspecified atom stereocenters. The predicted octanol–water partition coefficient (Wildman–Crippen LogP) is 1.47. The number of rotatable bonds is 6. The van der Waals surface area contributed by atoms with E-state index >= 15 is 0 Å². The van der Waals surface area contributed by atoms with Gasteiger partial charge in [-0.3, -0.25) is 0 Å². The second-order valence-electron chi connectivity index (χ2n) is 5.50. The fourth-order valence-electron chi connectivity index (χ4n) is 2.61. The molecule has 0 radical (unpaired) electrons. The van der Waals surface area contributed by atoms with Crippen LogP contribution in [0.2, 0.25) is 0 Å². The third kappa shape index (κ3) is 3.82. The molecular formula is C16H19N3O4S. The highest BCUT2D eigenvalue weighted by molar-refractivity contribution is 7.88. The summed E-state index contributed by atoms with van der Waals surface area (Å²) in [5.74, 6) is 0.574. The van der Waals surface area contributed by atoms with Crippen LogP contribution in [0.3, 0.4) is 0 Å². The number of sulfonamides is 1. The molecular weight excluding hydrogens is 330 g/mol. The zero-order valence-electron chi connectivity index (χ0n) is 13.3. The highest BCUT2D eigenvalue weighted by Gasteiger charge is 2.33. The van der Waals surface area contributed by atoms with Crippen LogP contribution >= 0.6 is 0 Å². The first-order valence-electron chi connectivity index (χ1n) is 7.62. The molecule has 0 amide bonds. The molecule has 2 heterocycles. The van der Waals surface area contributed by atoms with Crippen molar-refractivity contribution in [3.63, 3.8) is 0 Å². The van der Waals surface area contributed by atoms with Crippen LogP contribution in [0.5, 0.6) is 11.8 Å². The Morgan fingerprint density at radius 1 is 1.17 bits per heavy atom. The number of benzene rings is 1. The monoisotopic (exact) mass is 349 g/mol. The molecule has 128 valence electrons. The van der Waals surface area contributed by atoms with Crippen molar-refractivity contribution in [2.45, 2.75) is 18.3 Å². The summed E-state index contributed by atoms with van der Waals surface area (Å²) in [6, 6.07) is 9.16. The highest BCUT2D eigenvalue weighted by Crippen LogP contribution is 2.25. The van der Waals surface area contributed by atoms with Crippen molar-refractivity contribution in [3.05, 3.63) is 48.3 Å². The SMILES string of the molecule is COc1nccnc1OC1CCN(S(=O)(=O)Cc2ccccc2)C1. The van der Waals surface area contributed by atoms with Crippen LogP contribution in [0.1, 0.15) is 12.0 Å². The Bertz CT molecular complexity index is 783. The van der Waals surface area contributed by atoms with Crippen molar-refractivity contribution in [2.24, 2.45) is 0 Å². The van der Waals surface area contributed by atoms with Crippen molar-refractivity contribution in [1.82, 2.24) is 14.3 Å². The van der Waals surface area contributed by atoms with Gasteiger partial charge in [0.1, 0.15) is 6.10 Å². The molecule has 0 bridgehead atoms. The smallest absolute Gasteiger partial charge is 0.278 e. The zero-order chi connectivity index (χ0) is 17.0. The third-order valence-corrected chi connectivity index (χ3v) is 5.61. The predicted molar refractivity (Wildman–Crippen MR) is 88.3 cm³/mol. The Balaban J connectivity index is 1.64. The lowest BCUT2D eigenvalue weighted by Gasteiger charge is -2.17. The minimum Gasteiger partial charge on any atom is -0.477 e. The second kappa shape index (κ2) is 7.14. The maximum Gasteiger partial charge on any atom is 0.278 e. The molecule has 1 aromatic heterocycles. The van der Waals surface area contributed by atoms with Crippen molar-refractivity contribution in [2.75, 3.05) is 20.2 Å². The molecule has 8 heteroatoms. The minimum absolute atomic E-state index is 0.00494. The summed E-state index contributed by atoms with van der Waals surface area (Å²) in [7, 11) is -1.88. The standard InChI is InChI=1S/C16H19N3O4S/c1-22-15-16(18-9-8-17-15)23-14-7-10-19(11-14)24(20,21)12-13-5-3-2-4-6-13/h2-6,8-9,14H,7,10-12H2,1H3. The molecule has 1 atom stereocenters. The second-order valence-corrected chi connectivity index (χ2v) is 7.47. The van der Waals surface area contributed by atoms with E-state index in [0.29, 0.717) is 25.4 Å². The van der Waals surface area contributed by atoms with Gasteiger partial charge in [0, 0.05) is 18.9 Å². The van der Waals surface area contributed by atoms with Crippen LogP contribution in [-0.2, 0) is 15.8 Å². The van der Waals surface area contributed by atoms with E-state index in [4.69, 9.17) is 9.47 Å². The Morgan fingerprint density at radius 3 is 2.58 bits per heavy atom. The van der Waals surface area contributed by atoms with E-state index in [2.05, 4.69) is 9.97 Å². The van der Waals surface area contributed by atoms with E-state index in [-0.39, 0.29) is 17.7 Å². The summed E-state index contributed by atoms with van der Waals surface area (Å²) in [5.41, 5.74) is 0.775. The van der Waals surface area contributed by atoms with Crippen LogP contribution < -0.4 is 9.47 Å². The summed E-state index contributed by atoms with van der Waals surface area (Å²) in [5, 5.41) is 0. The average Bonchev–Trinajstić information content (AvgIpc) is 3.05. The van der Waals surface area contributed by atoms with Crippen LogP contribution in [-0.4, -0.2) is 49.0 Å². The minimum atomic E-state index is -3.37. The van der Waals surface area contributed by atoms with Crippen molar-refractivity contribution >= 4 is 10.0 Å². The molecule has 2 aromatic rings. The van der Waals surface area contributed by atoms with Gasteiger partial charge in [0.2, 0.25) is 10.0 Å². The van der Waals surface area contributed by atoms with E-state index < -0.39 is 10.0 Å². The lowest BCUT2D eigenvalue weighted by atomic mass is 10.2. The van der Waals surface area contributed by atoms with Gasteiger partial charge in [0.15, 0.2) is 0 Å². The van der Waals surface area contributed by atoms with Crippen molar-refractivity contribution < 1.29 is 17.9 Å². The molecule has 1 saturated heterocycles. The molecule has 1 aliphatic rings. The molecule has 0 saturated carbocycles. The largest absolute Gasteiger partial charge is 0.477 e. The molecule has 0 spiro atoms. The van der Waals surface area contributed by atoms with Gasteiger partial charge in [-0.15, -0.1) is 0 Å². The van der Waals surface area contributed by atoms with Crippen molar-refractivity contribution in [3.8, 4) is 11.8 Å². The van der Waals surface area contributed by atoms with Gasteiger partial charge in [-0.05, 0) is 12.0 Å². The molecule has 1 aromatic carbocycles. The molecule has 7 nitrogen and oxygen atoms in total. The van der Waals surface area contributed by atoms with E-state index in [1.165, 1.54) is 23.8 Å². The fourth-order valence-corrected chi connectivity index (χ4v) is 4.19. The molecule has 0 aliphatic carbocycles. The van der Waals surface area contributed by atoms with Crippen LogP contribution in [0.4, 0.5) is 0 Å². The summed E-state index contributed by atoms with van der Waals surface area (Å²) >= 11 is 0. The lowest BCUT2D eigenvalue weighted by Crippen LogP contribution is -2.32. The Kier molecular flexibility index (Phi) is 4.96.